The van der Waals surface area contributed by atoms with Crippen LogP contribution in [0.1, 0.15) is 90.4 Å². The van der Waals surface area contributed by atoms with Crippen LogP contribution in [-0.2, 0) is 8.23 Å². The standard InChI is InChI=1S/C34H62N2O4Si3/c1-9-10-11-19-27-38-34-35-29-32(30-36-34)31-22-24-33(25-23-31)37-26-20-17-15-13-12-14-16-18-21-28-42(5,6)40-43(7,8)39-41(2,3)4/h22-25,29-30H,9-21,26-28H2,1-8H3. The molecule has 6 nitrogen and oxygen atoms in total. The molecule has 0 atom stereocenters. The zero-order chi connectivity index (χ0) is 31.6. The summed E-state index contributed by atoms with van der Waals surface area (Å²) in [7, 11) is -5.21. The van der Waals surface area contributed by atoms with Crippen molar-refractivity contribution in [1.29, 1.82) is 0 Å². The summed E-state index contributed by atoms with van der Waals surface area (Å²) in [5.74, 6) is 0.919. The summed E-state index contributed by atoms with van der Waals surface area (Å²) in [6, 6.07) is 9.91. The van der Waals surface area contributed by atoms with Gasteiger partial charge in [0, 0.05) is 18.0 Å². The Labute approximate surface area is 267 Å². The number of unbranched alkanes of at least 4 members (excludes halogenated alkanes) is 11. The Bertz CT molecular complexity index is 996. The second kappa shape index (κ2) is 19.8. The molecule has 1 aromatic carbocycles. The van der Waals surface area contributed by atoms with Crippen LogP contribution in [-0.4, -0.2) is 48.4 Å². The predicted octanol–water partition coefficient (Wildman–Crippen LogP) is 10.8. The molecule has 0 aliphatic rings. The molecule has 0 radical (unpaired) electrons. The molecule has 0 aliphatic carbocycles. The number of hydrogen-bond acceptors (Lipinski definition) is 6. The molecule has 0 saturated heterocycles. The fourth-order valence-electron chi connectivity index (χ4n) is 5.53. The summed E-state index contributed by atoms with van der Waals surface area (Å²) < 4.78 is 24.7. The fourth-order valence-corrected chi connectivity index (χ4v) is 18.8. The highest BCUT2D eigenvalue weighted by molar-refractivity contribution is 6.87. The van der Waals surface area contributed by atoms with Crippen LogP contribution in [0.25, 0.3) is 11.1 Å². The molecule has 0 bridgehead atoms. The van der Waals surface area contributed by atoms with Gasteiger partial charge in [-0.15, -0.1) is 0 Å². The van der Waals surface area contributed by atoms with Gasteiger partial charge in [0.2, 0.25) is 0 Å². The van der Waals surface area contributed by atoms with Crippen LogP contribution in [0.5, 0.6) is 11.8 Å². The average Bonchev–Trinajstić information content (AvgIpc) is 2.92. The zero-order valence-corrected chi connectivity index (χ0v) is 31.8. The molecule has 0 amide bonds. The van der Waals surface area contributed by atoms with Gasteiger partial charge >= 0.3 is 14.6 Å². The molecule has 0 aliphatic heterocycles. The third-order valence-electron chi connectivity index (χ3n) is 7.31. The largest absolute Gasteiger partial charge is 0.494 e. The second-order valence-electron chi connectivity index (χ2n) is 13.9. The Morgan fingerprint density at radius 3 is 1.63 bits per heavy atom. The maximum atomic E-state index is 6.64. The van der Waals surface area contributed by atoms with E-state index in [0.29, 0.717) is 12.6 Å². The van der Waals surface area contributed by atoms with Crippen molar-refractivity contribution < 1.29 is 17.7 Å². The van der Waals surface area contributed by atoms with Gasteiger partial charge in [0.1, 0.15) is 5.75 Å². The highest BCUT2D eigenvalue weighted by atomic mass is 28.5. The number of benzene rings is 1. The lowest BCUT2D eigenvalue weighted by Gasteiger charge is -2.37. The molecule has 1 heterocycles. The van der Waals surface area contributed by atoms with Crippen molar-refractivity contribution in [3.63, 3.8) is 0 Å². The molecule has 0 spiro atoms. The molecule has 0 unspecified atom stereocenters. The van der Waals surface area contributed by atoms with Crippen molar-refractivity contribution in [3.05, 3.63) is 36.7 Å². The minimum Gasteiger partial charge on any atom is -0.494 e. The maximum absolute atomic E-state index is 6.64. The molecule has 9 heteroatoms. The molecule has 2 rings (SSSR count). The van der Waals surface area contributed by atoms with Crippen LogP contribution >= 0.6 is 0 Å². The molecular formula is C34H62N2O4Si3. The molecule has 43 heavy (non-hydrogen) atoms. The first-order chi connectivity index (χ1) is 20.4. The van der Waals surface area contributed by atoms with Gasteiger partial charge in [-0.25, -0.2) is 9.97 Å². The normalized spacial score (nSPS) is 12.5. The molecule has 244 valence electrons. The predicted molar refractivity (Wildman–Crippen MR) is 189 cm³/mol. The first kappa shape index (κ1) is 37.7. The molecular weight excluding hydrogens is 585 g/mol. The van der Waals surface area contributed by atoms with Gasteiger partial charge in [0.25, 0.3) is 0 Å². The van der Waals surface area contributed by atoms with Crippen molar-refractivity contribution in [1.82, 2.24) is 9.97 Å². The monoisotopic (exact) mass is 646 g/mol. The van der Waals surface area contributed by atoms with E-state index in [9.17, 15) is 0 Å². The van der Waals surface area contributed by atoms with Gasteiger partial charge < -0.3 is 17.7 Å². The summed E-state index contributed by atoms with van der Waals surface area (Å²) in [4.78, 5) is 8.73. The molecule has 1 aromatic heterocycles. The summed E-state index contributed by atoms with van der Waals surface area (Å²) in [6.07, 6.45) is 20.0. The summed E-state index contributed by atoms with van der Waals surface area (Å²) in [6.45, 7) is 19.6. The quantitative estimate of drug-likeness (QED) is 0.0835. The van der Waals surface area contributed by atoms with Crippen LogP contribution in [0.15, 0.2) is 36.7 Å². The Balaban J connectivity index is 1.49. The van der Waals surface area contributed by atoms with Crippen LogP contribution in [0.3, 0.4) is 0 Å². The van der Waals surface area contributed by atoms with Crippen molar-refractivity contribution in [2.45, 2.75) is 142 Å². The number of hydrogen-bond donors (Lipinski definition) is 0. The van der Waals surface area contributed by atoms with Crippen LogP contribution in [0, 0.1) is 0 Å². The third kappa shape index (κ3) is 18.1. The first-order valence-corrected chi connectivity index (χ1v) is 26.3. The second-order valence-corrected chi connectivity index (χ2v) is 26.6. The highest BCUT2D eigenvalue weighted by Crippen LogP contribution is 2.25. The van der Waals surface area contributed by atoms with E-state index in [1.807, 2.05) is 24.5 Å². The van der Waals surface area contributed by atoms with E-state index in [-0.39, 0.29) is 0 Å². The van der Waals surface area contributed by atoms with Crippen molar-refractivity contribution in [2.75, 3.05) is 13.2 Å². The van der Waals surface area contributed by atoms with E-state index in [0.717, 1.165) is 36.3 Å². The van der Waals surface area contributed by atoms with Crippen molar-refractivity contribution in [3.8, 4) is 22.9 Å². The number of rotatable bonds is 24. The summed E-state index contributed by atoms with van der Waals surface area (Å²) >= 11 is 0. The maximum Gasteiger partial charge on any atom is 0.316 e. The van der Waals surface area contributed by atoms with Gasteiger partial charge in [-0.3, -0.25) is 0 Å². The van der Waals surface area contributed by atoms with E-state index in [4.69, 9.17) is 17.7 Å². The van der Waals surface area contributed by atoms with E-state index >= 15 is 0 Å². The third-order valence-corrected chi connectivity index (χ3v) is 17.5. The van der Waals surface area contributed by atoms with E-state index < -0.39 is 25.2 Å². The number of nitrogens with zero attached hydrogens (tertiary/aromatic N) is 2. The Hall–Kier alpha value is -1.53. The topological polar surface area (TPSA) is 62.7 Å². The molecule has 0 fully saturated rings. The van der Waals surface area contributed by atoms with Crippen LogP contribution in [0.4, 0.5) is 0 Å². The zero-order valence-electron chi connectivity index (χ0n) is 28.8. The molecule has 0 N–H and O–H groups in total. The lowest BCUT2D eigenvalue weighted by Crippen LogP contribution is -2.51. The van der Waals surface area contributed by atoms with E-state index in [1.54, 1.807) is 0 Å². The summed E-state index contributed by atoms with van der Waals surface area (Å²) in [5, 5.41) is 0. The minimum atomic E-state index is -2.01. The van der Waals surface area contributed by atoms with Gasteiger partial charge in [-0.05, 0) is 82.4 Å². The molecule has 0 saturated carbocycles. The van der Waals surface area contributed by atoms with Crippen molar-refractivity contribution >= 4 is 25.2 Å². The lowest BCUT2D eigenvalue weighted by atomic mass is 10.1. The Kier molecular flexibility index (Phi) is 17.3. The van der Waals surface area contributed by atoms with E-state index in [2.05, 4.69) is 74.9 Å². The SMILES string of the molecule is CCCCCCOc1ncc(-c2ccc(OCCCCCCCCCCC[Si](C)(C)O[Si](C)(C)O[Si](C)(C)C)cc2)cn1. The number of aromatic nitrogens is 2. The van der Waals surface area contributed by atoms with Crippen LogP contribution < -0.4 is 9.47 Å². The lowest BCUT2D eigenvalue weighted by molar-refractivity contribution is 0.282. The smallest absolute Gasteiger partial charge is 0.316 e. The fraction of sp³-hybridized carbons (Fsp3) is 0.706. The first-order valence-electron chi connectivity index (χ1n) is 17.0. The summed E-state index contributed by atoms with van der Waals surface area (Å²) in [5.41, 5.74) is 2.07. The minimum absolute atomic E-state index is 0.455. The Morgan fingerprint density at radius 1 is 0.558 bits per heavy atom. The van der Waals surface area contributed by atoms with Crippen molar-refractivity contribution in [2.24, 2.45) is 0 Å². The Morgan fingerprint density at radius 2 is 1.07 bits per heavy atom. The van der Waals surface area contributed by atoms with Gasteiger partial charge in [0.15, 0.2) is 16.6 Å². The average molecular weight is 647 g/mol. The van der Waals surface area contributed by atoms with Crippen LogP contribution in [0.2, 0.25) is 51.9 Å². The van der Waals surface area contributed by atoms with Gasteiger partial charge in [-0.1, -0.05) is 89.7 Å². The van der Waals surface area contributed by atoms with E-state index in [1.165, 1.54) is 76.7 Å². The highest BCUT2D eigenvalue weighted by Gasteiger charge is 2.37. The van der Waals surface area contributed by atoms with Gasteiger partial charge in [0.05, 0.1) is 13.2 Å². The number of ether oxygens (including phenoxy) is 2. The molecule has 2 aromatic rings. The van der Waals surface area contributed by atoms with Gasteiger partial charge in [-0.2, -0.15) is 0 Å².